The van der Waals surface area contributed by atoms with Crippen LogP contribution in [0.3, 0.4) is 0 Å². The van der Waals surface area contributed by atoms with Crippen LogP contribution in [0.2, 0.25) is 0 Å². The van der Waals surface area contributed by atoms with E-state index in [4.69, 9.17) is 9.47 Å². The Morgan fingerprint density at radius 2 is 2.19 bits per heavy atom. The van der Waals surface area contributed by atoms with E-state index in [9.17, 15) is 19.3 Å². The van der Waals surface area contributed by atoms with Crippen LogP contribution < -0.4 is 10.1 Å². The number of para-hydroxylation sites is 1. The van der Waals surface area contributed by atoms with Crippen molar-refractivity contribution in [1.82, 2.24) is 5.32 Å². The van der Waals surface area contributed by atoms with E-state index in [0.717, 1.165) is 0 Å². The zero-order valence-electron chi connectivity index (χ0n) is 14.1. The summed E-state index contributed by atoms with van der Waals surface area (Å²) in [6.45, 7) is 2.12. The summed E-state index contributed by atoms with van der Waals surface area (Å²) in [4.78, 5) is 23.0. The van der Waals surface area contributed by atoms with Crippen LogP contribution in [-0.4, -0.2) is 24.2 Å². The Bertz CT molecular complexity index is 869. The van der Waals surface area contributed by atoms with Gasteiger partial charge in [-0.25, -0.2) is 4.39 Å². The standard InChI is InChI=1S/C18H17FN2O5/c1-11-3-2-4-15(16(11)21(23)24)18(22)20-6-5-12-7-14(19)8-13-9-25-10-26-17(12)13/h2-4,7-8H,5-6,9-10H2,1H3,(H,20,22). The molecule has 0 saturated carbocycles. The zero-order valence-corrected chi connectivity index (χ0v) is 14.1. The first-order valence-corrected chi connectivity index (χ1v) is 8.01. The third-order valence-corrected chi connectivity index (χ3v) is 4.10. The lowest BCUT2D eigenvalue weighted by Gasteiger charge is -2.21. The Labute approximate surface area is 148 Å². The molecule has 0 radical (unpaired) electrons. The highest BCUT2D eigenvalue weighted by molar-refractivity contribution is 5.98. The van der Waals surface area contributed by atoms with Gasteiger partial charge >= 0.3 is 0 Å². The molecule has 0 aromatic heterocycles. The molecule has 3 rings (SSSR count). The molecule has 0 bridgehead atoms. The Balaban J connectivity index is 1.72. The summed E-state index contributed by atoms with van der Waals surface area (Å²) in [6.07, 6.45) is 0.325. The van der Waals surface area contributed by atoms with Crippen molar-refractivity contribution in [2.45, 2.75) is 20.0 Å². The van der Waals surface area contributed by atoms with E-state index in [2.05, 4.69) is 5.32 Å². The SMILES string of the molecule is Cc1cccc(C(=O)NCCc2cc(F)cc3c2OCOC3)c1[N+](=O)[O-]. The van der Waals surface area contributed by atoms with Crippen molar-refractivity contribution in [3.05, 3.63) is 68.5 Å². The molecule has 26 heavy (non-hydrogen) atoms. The van der Waals surface area contributed by atoms with Crippen LogP contribution in [-0.2, 0) is 17.8 Å². The molecular weight excluding hydrogens is 343 g/mol. The summed E-state index contributed by atoms with van der Waals surface area (Å²) < 4.78 is 24.3. The number of ether oxygens (including phenoxy) is 2. The number of halogens is 1. The molecule has 7 nitrogen and oxygen atoms in total. The Kier molecular flexibility index (Phi) is 5.13. The summed E-state index contributed by atoms with van der Waals surface area (Å²) in [7, 11) is 0. The number of aryl methyl sites for hydroxylation is 1. The second kappa shape index (κ2) is 7.49. The van der Waals surface area contributed by atoms with Gasteiger partial charge in [0.15, 0.2) is 6.79 Å². The minimum absolute atomic E-state index is 0.000853. The average molecular weight is 360 g/mol. The molecule has 1 amide bonds. The molecule has 136 valence electrons. The van der Waals surface area contributed by atoms with E-state index in [0.29, 0.717) is 28.9 Å². The van der Waals surface area contributed by atoms with Crippen LogP contribution in [0.15, 0.2) is 30.3 Å². The molecule has 8 heteroatoms. The highest BCUT2D eigenvalue weighted by atomic mass is 19.1. The smallest absolute Gasteiger partial charge is 0.285 e. The van der Waals surface area contributed by atoms with Crippen LogP contribution in [0, 0.1) is 22.9 Å². The quantitative estimate of drug-likeness (QED) is 0.654. The molecule has 1 aliphatic heterocycles. The van der Waals surface area contributed by atoms with Gasteiger partial charge in [-0.2, -0.15) is 0 Å². The molecule has 0 aliphatic carbocycles. The lowest BCUT2D eigenvalue weighted by molar-refractivity contribution is -0.385. The van der Waals surface area contributed by atoms with E-state index in [1.807, 2.05) is 0 Å². The second-order valence-corrected chi connectivity index (χ2v) is 5.90. The van der Waals surface area contributed by atoms with Gasteiger partial charge in [0.25, 0.3) is 11.6 Å². The van der Waals surface area contributed by atoms with Crippen molar-refractivity contribution in [3.63, 3.8) is 0 Å². The number of nitro groups is 1. The fourth-order valence-electron chi connectivity index (χ4n) is 2.93. The van der Waals surface area contributed by atoms with Crippen LogP contribution in [0.25, 0.3) is 0 Å². The minimum Gasteiger partial charge on any atom is -0.467 e. The Hall–Kier alpha value is -3.00. The fourth-order valence-corrected chi connectivity index (χ4v) is 2.93. The van der Waals surface area contributed by atoms with Gasteiger partial charge in [-0.15, -0.1) is 0 Å². The molecule has 2 aromatic carbocycles. The number of fused-ring (bicyclic) bond motifs is 1. The predicted octanol–water partition coefficient (Wildman–Crippen LogP) is 2.88. The monoisotopic (exact) mass is 360 g/mol. The fraction of sp³-hybridized carbons (Fsp3) is 0.278. The molecule has 1 N–H and O–H groups in total. The maximum atomic E-state index is 13.7. The van der Waals surface area contributed by atoms with Gasteiger partial charge in [0.2, 0.25) is 0 Å². The lowest BCUT2D eigenvalue weighted by Crippen LogP contribution is -2.27. The minimum atomic E-state index is -0.568. The second-order valence-electron chi connectivity index (χ2n) is 5.90. The topological polar surface area (TPSA) is 90.7 Å². The van der Waals surface area contributed by atoms with Gasteiger partial charge < -0.3 is 14.8 Å². The molecule has 0 atom stereocenters. The zero-order chi connectivity index (χ0) is 18.7. The molecule has 0 fully saturated rings. The van der Waals surface area contributed by atoms with Crippen molar-refractivity contribution in [1.29, 1.82) is 0 Å². The summed E-state index contributed by atoms with van der Waals surface area (Å²) in [5.74, 6) is -0.392. The number of nitrogens with zero attached hydrogens (tertiary/aromatic N) is 1. The molecule has 0 unspecified atom stereocenters. The van der Waals surface area contributed by atoms with Crippen LogP contribution in [0.4, 0.5) is 10.1 Å². The maximum Gasteiger partial charge on any atom is 0.285 e. The summed E-state index contributed by atoms with van der Waals surface area (Å²) in [5.41, 5.74) is 1.43. The molecule has 1 heterocycles. The summed E-state index contributed by atoms with van der Waals surface area (Å²) >= 11 is 0. The lowest BCUT2D eigenvalue weighted by atomic mass is 10.0. The van der Waals surface area contributed by atoms with Crippen LogP contribution in [0.1, 0.15) is 27.0 Å². The third kappa shape index (κ3) is 3.65. The number of benzene rings is 2. The van der Waals surface area contributed by atoms with Crippen molar-refractivity contribution < 1.29 is 23.6 Å². The molecule has 1 aliphatic rings. The summed E-state index contributed by atoms with van der Waals surface area (Å²) in [5, 5.41) is 13.8. The number of hydrogen-bond donors (Lipinski definition) is 1. The first-order chi connectivity index (χ1) is 12.5. The Morgan fingerprint density at radius 1 is 1.38 bits per heavy atom. The van der Waals surface area contributed by atoms with Crippen LogP contribution in [0.5, 0.6) is 5.75 Å². The predicted molar refractivity (Wildman–Crippen MR) is 90.6 cm³/mol. The van der Waals surface area contributed by atoms with Crippen molar-refractivity contribution in [2.75, 3.05) is 13.3 Å². The number of nitrogens with one attached hydrogen (secondary N) is 1. The van der Waals surface area contributed by atoms with Gasteiger partial charge in [0, 0.05) is 17.7 Å². The highest BCUT2D eigenvalue weighted by Gasteiger charge is 2.22. The number of hydrogen-bond acceptors (Lipinski definition) is 5. The molecular formula is C18H17FN2O5. The number of nitro benzene ring substituents is 1. The van der Waals surface area contributed by atoms with Crippen LogP contribution >= 0.6 is 0 Å². The first kappa shape index (κ1) is 17.8. The summed E-state index contributed by atoms with van der Waals surface area (Å²) in [6, 6.07) is 7.28. The van der Waals surface area contributed by atoms with Crippen molar-refractivity contribution in [3.8, 4) is 5.75 Å². The first-order valence-electron chi connectivity index (χ1n) is 8.01. The number of carbonyl (C=O) groups excluding carboxylic acids is 1. The molecule has 0 spiro atoms. The van der Waals surface area contributed by atoms with Gasteiger partial charge in [0.1, 0.15) is 17.1 Å². The third-order valence-electron chi connectivity index (χ3n) is 4.10. The van der Waals surface area contributed by atoms with Gasteiger partial charge in [-0.05, 0) is 37.1 Å². The normalized spacial score (nSPS) is 12.8. The van der Waals surface area contributed by atoms with E-state index < -0.39 is 16.6 Å². The van der Waals surface area contributed by atoms with E-state index in [-0.39, 0.29) is 31.2 Å². The Morgan fingerprint density at radius 3 is 2.96 bits per heavy atom. The number of carbonyl (C=O) groups is 1. The maximum absolute atomic E-state index is 13.7. The van der Waals surface area contributed by atoms with Gasteiger partial charge in [-0.1, -0.05) is 12.1 Å². The van der Waals surface area contributed by atoms with E-state index in [1.54, 1.807) is 19.1 Å². The van der Waals surface area contributed by atoms with Gasteiger partial charge in [-0.3, -0.25) is 14.9 Å². The molecule has 2 aromatic rings. The molecule has 0 saturated heterocycles. The van der Waals surface area contributed by atoms with E-state index >= 15 is 0 Å². The highest BCUT2D eigenvalue weighted by Crippen LogP contribution is 2.29. The average Bonchev–Trinajstić information content (AvgIpc) is 2.60. The largest absolute Gasteiger partial charge is 0.467 e. The van der Waals surface area contributed by atoms with E-state index in [1.165, 1.54) is 18.2 Å². The van der Waals surface area contributed by atoms with Gasteiger partial charge in [0.05, 0.1) is 11.5 Å². The van der Waals surface area contributed by atoms with Crippen molar-refractivity contribution in [2.24, 2.45) is 0 Å². The number of rotatable bonds is 5. The number of amides is 1. The van der Waals surface area contributed by atoms with Crippen molar-refractivity contribution >= 4 is 11.6 Å².